The minimum Gasteiger partial charge on any atom is -0.434 e. The Kier molecular flexibility index (Phi) is 8.75. The Labute approximate surface area is 216 Å². The van der Waals surface area contributed by atoms with E-state index in [4.69, 9.17) is 20.0 Å². The summed E-state index contributed by atoms with van der Waals surface area (Å²) in [4.78, 5) is 17.2. The van der Waals surface area contributed by atoms with Crippen LogP contribution in [0.3, 0.4) is 0 Å². The zero-order valence-electron chi connectivity index (χ0n) is 22.6. The molecule has 0 saturated heterocycles. The van der Waals surface area contributed by atoms with Gasteiger partial charge in [-0.1, -0.05) is 34.1 Å². The van der Waals surface area contributed by atoms with Crippen molar-refractivity contribution in [3.05, 3.63) is 0 Å². The first-order valence-electron chi connectivity index (χ1n) is 14.4. The lowest BCUT2D eigenvalue weighted by Crippen LogP contribution is -2.58. The number of rotatable bonds is 9. The zero-order valence-corrected chi connectivity index (χ0v) is 22.6. The minimum absolute atomic E-state index is 0.172. The predicted molar refractivity (Wildman–Crippen MR) is 132 cm³/mol. The van der Waals surface area contributed by atoms with E-state index < -0.39 is 11.7 Å². The molecule has 36 heavy (non-hydrogen) atoms. The molecule has 4 fully saturated rings. The summed E-state index contributed by atoms with van der Waals surface area (Å²) >= 11 is 0. The quantitative estimate of drug-likeness (QED) is 0.192. The zero-order chi connectivity index (χ0) is 26.3. The van der Waals surface area contributed by atoms with Crippen LogP contribution in [-0.4, -0.2) is 50.5 Å². The van der Waals surface area contributed by atoms with Gasteiger partial charge in [-0.05, 0) is 104 Å². The lowest BCUT2D eigenvalue weighted by atomic mass is 9.43. The van der Waals surface area contributed by atoms with E-state index in [-0.39, 0.29) is 35.4 Å². The predicted octanol–water partition coefficient (Wildman–Crippen LogP) is 5.07. The highest BCUT2D eigenvalue weighted by molar-refractivity contribution is 5.69. The van der Waals surface area contributed by atoms with Crippen molar-refractivity contribution in [1.29, 1.82) is 0 Å². The minimum atomic E-state index is -1.00. The van der Waals surface area contributed by atoms with Crippen molar-refractivity contribution in [1.82, 2.24) is 5.39 Å². The maximum atomic E-state index is 12.5. The topological polar surface area (TPSA) is 120 Å². The van der Waals surface area contributed by atoms with Crippen molar-refractivity contribution in [2.24, 2.45) is 46.3 Å². The van der Waals surface area contributed by atoms with Crippen molar-refractivity contribution >= 4 is 5.97 Å². The Morgan fingerprint density at radius 2 is 1.69 bits per heavy atom. The summed E-state index contributed by atoms with van der Waals surface area (Å²) in [5.74, 6) is 2.30. The number of nitrogens with zero attached hydrogens (tertiary/aromatic N) is 1. The third kappa shape index (κ3) is 5.36. The first-order chi connectivity index (χ1) is 17.0. The Balaban J connectivity index is 1.38. The van der Waals surface area contributed by atoms with Gasteiger partial charge in [0.15, 0.2) is 0 Å². The molecule has 4 rings (SSSR count). The molecule has 11 atom stereocenters. The average molecular weight is 512 g/mol. The van der Waals surface area contributed by atoms with Gasteiger partial charge in [-0.15, -0.1) is 0 Å². The highest BCUT2D eigenvalue weighted by Crippen LogP contribution is 2.68. The number of carbonyl (C=O) groups is 1. The highest BCUT2D eigenvalue weighted by atomic mass is 17.1. The van der Waals surface area contributed by atoms with Gasteiger partial charge in [0.25, 0.3) is 0 Å². The van der Waals surface area contributed by atoms with E-state index in [1.54, 1.807) is 0 Å². The van der Waals surface area contributed by atoms with Gasteiger partial charge in [0.1, 0.15) is 0 Å². The number of hydrogen-bond acceptors (Lipinski definition) is 8. The van der Waals surface area contributed by atoms with Crippen LogP contribution in [0.15, 0.2) is 0 Å². The van der Waals surface area contributed by atoms with Crippen molar-refractivity contribution in [3.63, 3.8) is 0 Å². The lowest BCUT2D eigenvalue weighted by Gasteiger charge is -2.62. The van der Waals surface area contributed by atoms with Crippen molar-refractivity contribution in [2.45, 2.75) is 123 Å². The largest absolute Gasteiger partial charge is 0.434 e. The van der Waals surface area contributed by atoms with Gasteiger partial charge < -0.3 is 14.9 Å². The van der Waals surface area contributed by atoms with E-state index in [1.807, 2.05) is 6.92 Å². The van der Waals surface area contributed by atoms with Gasteiger partial charge in [-0.25, -0.2) is 4.84 Å². The van der Waals surface area contributed by atoms with Crippen LogP contribution in [0.4, 0.5) is 0 Å². The van der Waals surface area contributed by atoms with Gasteiger partial charge in [-0.2, -0.15) is 0 Å². The van der Waals surface area contributed by atoms with Crippen LogP contribution in [0.1, 0.15) is 105 Å². The Morgan fingerprint density at radius 3 is 2.39 bits per heavy atom. The van der Waals surface area contributed by atoms with Gasteiger partial charge in [0, 0.05) is 12.8 Å². The molecule has 0 aromatic rings. The third-order valence-electron chi connectivity index (χ3n) is 11.2. The molecule has 4 aliphatic carbocycles. The fraction of sp³-hybridized carbons (Fsp3) is 0.964. The molecule has 9 unspecified atom stereocenters. The second-order valence-electron chi connectivity index (χ2n) is 13.0. The molecule has 208 valence electrons. The smallest absolute Gasteiger partial charge is 0.308 e. The normalized spacial score (nSPS) is 43.9. The third-order valence-corrected chi connectivity index (χ3v) is 11.2. The number of ether oxygens (including phenoxy) is 1. The molecule has 4 saturated carbocycles. The molecule has 8 heteroatoms. The number of hydrogen-bond donors (Lipinski definition) is 4. The van der Waals surface area contributed by atoms with Gasteiger partial charge in [0.05, 0.1) is 17.6 Å². The molecule has 0 radical (unpaired) electrons. The van der Waals surface area contributed by atoms with Gasteiger partial charge >= 0.3 is 5.97 Å². The fourth-order valence-corrected chi connectivity index (χ4v) is 9.40. The number of aliphatic hydroxyl groups excluding tert-OH is 2. The average Bonchev–Trinajstić information content (AvgIpc) is 3.15. The number of carbonyl (C=O) groups excluding carboxylic acids is 1. The molecule has 0 heterocycles. The summed E-state index contributed by atoms with van der Waals surface area (Å²) in [6.07, 6.45) is 8.80. The highest BCUT2D eigenvalue weighted by Gasteiger charge is 2.62. The molecule has 0 aliphatic heterocycles. The first-order valence-corrected chi connectivity index (χ1v) is 14.4. The monoisotopic (exact) mass is 511 g/mol. The van der Waals surface area contributed by atoms with Crippen LogP contribution in [0.25, 0.3) is 0 Å². The van der Waals surface area contributed by atoms with E-state index >= 15 is 0 Å². The lowest BCUT2D eigenvalue weighted by molar-refractivity contribution is -0.521. The second-order valence-corrected chi connectivity index (χ2v) is 13.0. The molecular weight excluding hydrogens is 462 g/mol. The number of esters is 1. The van der Waals surface area contributed by atoms with Crippen LogP contribution in [0.2, 0.25) is 0 Å². The molecule has 8 nitrogen and oxygen atoms in total. The Hall–Kier alpha value is -0.770. The van der Waals surface area contributed by atoms with Crippen LogP contribution < -0.4 is 0 Å². The summed E-state index contributed by atoms with van der Waals surface area (Å²) < 4.78 is 5.33. The van der Waals surface area contributed by atoms with E-state index in [1.165, 1.54) is 6.42 Å². The second kappa shape index (κ2) is 11.1. The molecule has 0 aromatic carbocycles. The summed E-state index contributed by atoms with van der Waals surface area (Å²) in [5, 5.41) is 39.1. The van der Waals surface area contributed by atoms with Crippen molar-refractivity contribution in [2.75, 3.05) is 0 Å². The van der Waals surface area contributed by atoms with E-state index in [2.05, 4.69) is 20.8 Å². The fourth-order valence-electron chi connectivity index (χ4n) is 9.40. The van der Waals surface area contributed by atoms with E-state index in [9.17, 15) is 15.0 Å². The van der Waals surface area contributed by atoms with Crippen LogP contribution >= 0.6 is 0 Å². The van der Waals surface area contributed by atoms with Crippen LogP contribution in [0.5, 0.6) is 0 Å². The standard InChI is InChI=1S/C28H49NO7/c1-5-6-25(36-29(33)34)35-24(32)10-7-17(2)20-8-9-21-26-22(12-14-28(20,21)4)27(3)13-11-19(30)15-18(27)16-23(26)31/h17-23,25-26,30-31,33-34H,5-16H2,1-4H3/t17?,18?,19-,20-,21?,22?,23?,25?,26?,27?,28?/m1/s1. The maximum absolute atomic E-state index is 12.5. The maximum Gasteiger partial charge on any atom is 0.308 e. The van der Waals surface area contributed by atoms with Gasteiger partial charge in [0.2, 0.25) is 6.29 Å². The van der Waals surface area contributed by atoms with Crippen LogP contribution in [0, 0.1) is 46.3 Å². The molecule has 0 aromatic heterocycles. The molecule has 4 aliphatic rings. The molecule has 0 amide bonds. The Bertz CT molecular complexity index is 764. The van der Waals surface area contributed by atoms with Crippen molar-refractivity contribution < 1.29 is 35.0 Å². The number of aliphatic hydroxyl groups is 2. The van der Waals surface area contributed by atoms with E-state index in [0.717, 1.165) is 51.4 Å². The van der Waals surface area contributed by atoms with E-state index in [0.29, 0.717) is 48.3 Å². The van der Waals surface area contributed by atoms with Crippen LogP contribution in [-0.2, 0) is 14.4 Å². The molecule has 0 spiro atoms. The molecular formula is C28H49NO7. The molecule has 0 bridgehead atoms. The summed E-state index contributed by atoms with van der Waals surface area (Å²) in [7, 11) is 0. The number of fused-ring (bicyclic) bond motifs is 5. The molecule has 4 N–H and O–H groups in total. The first kappa shape index (κ1) is 28.2. The van der Waals surface area contributed by atoms with Gasteiger partial charge in [-0.3, -0.25) is 15.2 Å². The SMILES string of the molecule is CCCC(OC(=O)CCC(C)[C@H]1CCC2C3C(O)CC4C[C@H](O)CCC4(C)C3CCC21C)ON(O)O. The summed E-state index contributed by atoms with van der Waals surface area (Å²) in [6.45, 7) is 9.03. The van der Waals surface area contributed by atoms with Crippen molar-refractivity contribution in [3.8, 4) is 0 Å². The Morgan fingerprint density at radius 1 is 1.00 bits per heavy atom. The summed E-state index contributed by atoms with van der Waals surface area (Å²) in [5.41, 5.74) is 0.402. The summed E-state index contributed by atoms with van der Waals surface area (Å²) in [6, 6.07) is 0.